The highest BCUT2D eigenvalue weighted by Crippen LogP contribution is 2.49. The lowest BCUT2D eigenvalue weighted by molar-refractivity contribution is -0.198. The van der Waals surface area contributed by atoms with E-state index in [9.17, 15) is 4.79 Å². The molecule has 3 aliphatic rings. The van der Waals surface area contributed by atoms with Crippen LogP contribution in [-0.4, -0.2) is 39.7 Å². The van der Waals surface area contributed by atoms with E-state index >= 15 is 0 Å². The monoisotopic (exact) mass is 368 g/mol. The lowest BCUT2D eigenvalue weighted by Gasteiger charge is -2.38. The highest BCUT2D eigenvalue weighted by atomic mass is 28.4. The maximum atomic E-state index is 12.0. The van der Waals surface area contributed by atoms with Crippen LogP contribution in [0.1, 0.15) is 59.3 Å². The van der Waals surface area contributed by atoms with Gasteiger partial charge in [-0.1, -0.05) is 20.8 Å². The smallest absolute Gasteiger partial charge is 0.191 e. The molecule has 2 saturated carbocycles. The van der Waals surface area contributed by atoms with Crippen LogP contribution in [0, 0.1) is 17.8 Å². The van der Waals surface area contributed by atoms with Gasteiger partial charge in [0.25, 0.3) is 0 Å². The minimum absolute atomic E-state index is 0.0522. The van der Waals surface area contributed by atoms with Crippen molar-refractivity contribution in [2.75, 3.05) is 13.2 Å². The Morgan fingerprint density at radius 2 is 1.96 bits per heavy atom. The van der Waals surface area contributed by atoms with E-state index in [1.807, 2.05) is 0 Å². The van der Waals surface area contributed by atoms with Crippen molar-refractivity contribution in [2.45, 2.75) is 89.8 Å². The number of ether oxygens (including phenoxy) is 2. The summed E-state index contributed by atoms with van der Waals surface area (Å²) in [6.07, 6.45) is 5.94. The Kier molecular flexibility index (Phi) is 5.79. The summed E-state index contributed by atoms with van der Waals surface area (Å²) in [5.74, 6) is 1.72. The summed E-state index contributed by atoms with van der Waals surface area (Å²) in [7, 11) is -1.79. The van der Waals surface area contributed by atoms with Crippen molar-refractivity contribution in [2.24, 2.45) is 17.8 Å². The molecule has 1 heterocycles. The summed E-state index contributed by atoms with van der Waals surface area (Å²) in [5.41, 5.74) is 0. The Morgan fingerprint density at radius 3 is 2.60 bits per heavy atom. The lowest BCUT2D eigenvalue weighted by atomic mass is 9.92. The summed E-state index contributed by atoms with van der Waals surface area (Å²) in [5, 5.41) is 0.208. The summed E-state index contributed by atoms with van der Waals surface area (Å²) in [6.45, 7) is 13.0. The van der Waals surface area contributed by atoms with Crippen LogP contribution in [-0.2, 0) is 18.7 Å². The highest BCUT2D eigenvalue weighted by molar-refractivity contribution is 6.74. The second-order valence-corrected chi connectivity index (χ2v) is 14.6. The van der Waals surface area contributed by atoms with Gasteiger partial charge in [0.2, 0.25) is 0 Å². The molecular weight excluding hydrogens is 332 g/mol. The zero-order valence-corrected chi connectivity index (χ0v) is 17.7. The first-order valence-corrected chi connectivity index (χ1v) is 13.0. The standard InChI is InChI=1S/C20H36O4Si/c1-20(2,3)25(4,5)23-13-17-16-12-15(21)10-14(16)11-18(17)24-19-8-6-7-9-22-19/h14,16-19H,6-13H2,1-5H3/t14?,16?,17?,18-,19?/m1/s1. The molecule has 144 valence electrons. The van der Waals surface area contributed by atoms with Gasteiger partial charge in [0, 0.05) is 32.0 Å². The van der Waals surface area contributed by atoms with Crippen molar-refractivity contribution in [1.29, 1.82) is 0 Å². The van der Waals surface area contributed by atoms with Crippen LogP contribution in [0.5, 0.6) is 0 Å². The van der Waals surface area contributed by atoms with E-state index in [-0.39, 0.29) is 17.4 Å². The molecule has 4 nitrogen and oxygen atoms in total. The average molecular weight is 369 g/mol. The second kappa shape index (κ2) is 7.41. The minimum atomic E-state index is -1.79. The Labute approximate surface area is 154 Å². The molecule has 0 N–H and O–H groups in total. The van der Waals surface area contributed by atoms with E-state index in [0.717, 1.165) is 45.3 Å². The van der Waals surface area contributed by atoms with E-state index < -0.39 is 8.32 Å². The number of carbonyl (C=O) groups is 1. The molecule has 25 heavy (non-hydrogen) atoms. The predicted molar refractivity (Wildman–Crippen MR) is 101 cm³/mol. The number of rotatable bonds is 5. The van der Waals surface area contributed by atoms with Gasteiger partial charge in [0.1, 0.15) is 5.78 Å². The topological polar surface area (TPSA) is 44.8 Å². The Bertz CT molecular complexity index is 479. The molecule has 0 spiro atoms. The molecule has 5 atom stereocenters. The molecule has 4 unspecified atom stereocenters. The van der Waals surface area contributed by atoms with E-state index in [2.05, 4.69) is 33.9 Å². The molecule has 5 heteroatoms. The first-order valence-electron chi connectivity index (χ1n) is 10.1. The summed E-state index contributed by atoms with van der Waals surface area (Å²) in [4.78, 5) is 12.0. The van der Waals surface area contributed by atoms with Crippen LogP contribution < -0.4 is 0 Å². The van der Waals surface area contributed by atoms with Gasteiger partial charge in [0.05, 0.1) is 6.10 Å². The zero-order valence-electron chi connectivity index (χ0n) is 16.7. The summed E-state index contributed by atoms with van der Waals surface area (Å²) < 4.78 is 18.7. The lowest BCUT2D eigenvalue weighted by Crippen LogP contribution is -2.44. The third-order valence-electron chi connectivity index (χ3n) is 7.03. The van der Waals surface area contributed by atoms with Gasteiger partial charge in [0.15, 0.2) is 14.6 Å². The molecule has 0 aromatic carbocycles. The molecule has 3 rings (SSSR count). The van der Waals surface area contributed by atoms with Crippen LogP contribution in [0.4, 0.5) is 0 Å². The highest BCUT2D eigenvalue weighted by Gasteiger charge is 2.50. The number of hydrogen-bond donors (Lipinski definition) is 0. The molecule has 0 amide bonds. The van der Waals surface area contributed by atoms with Crippen LogP contribution in [0.2, 0.25) is 18.1 Å². The SMILES string of the molecule is CC(C)(C)[Si](C)(C)OCC1C2CC(=O)CC2C[C@H]1OC1CCCCO1. The fourth-order valence-electron chi connectivity index (χ4n) is 4.39. The molecule has 0 aromatic rings. The van der Waals surface area contributed by atoms with Gasteiger partial charge < -0.3 is 13.9 Å². The van der Waals surface area contributed by atoms with Crippen molar-refractivity contribution in [3.8, 4) is 0 Å². The minimum Gasteiger partial charge on any atom is -0.416 e. The summed E-state index contributed by atoms with van der Waals surface area (Å²) >= 11 is 0. The maximum absolute atomic E-state index is 12.0. The Balaban J connectivity index is 1.66. The molecule has 1 saturated heterocycles. The number of carbonyl (C=O) groups excluding carboxylic acids is 1. The largest absolute Gasteiger partial charge is 0.416 e. The Hall–Kier alpha value is -0.233. The van der Waals surface area contributed by atoms with Gasteiger partial charge >= 0.3 is 0 Å². The number of hydrogen-bond acceptors (Lipinski definition) is 4. The van der Waals surface area contributed by atoms with Crippen molar-refractivity contribution in [1.82, 2.24) is 0 Å². The normalized spacial score (nSPS) is 36.7. The van der Waals surface area contributed by atoms with Crippen LogP contribution >= 0.6 is 0 Å². The molecule has 2 aliphatic carbocycles. The van der Waals surface area contributed by atoms with E-state index in [1.54, 1.807) is 0 Å². The van der Waals surface area contributed by atoms with Crippen molar-refractivity contribution in [3.05, 3.63) is 0 Å². The van der Waals surface area contributed by atoms with Gasteiger partial charge in [-0.3, -0.25) is 4.79 Å². The van der Waals surface area contributed by atoms with Gasteiger partial charge in [-0.25, -0.2) is 0 Å². The van der Waals surface area contributed by atoms with Crippen LogP contribution in [0.15, 0.2) is 0 Å². The van der Waals surface area contributed by atoms with Crippen LogP contribution in [0.3, 0.4) is 0 Å². The van der Waals surface area contributed by atoms with Gasteiger partial charge in [-0.15, -0.1) is 0 Å². The molecule has 1 aliphatic heterocycles. The third-order valence-corrected chi connectivity index (χ3v) is 11.5. The number of Topliss-reactive ketones (excluding diaryl/α,β-unsaturated/α-hetero) is 1. The van der Waals surface area contributed by atoms with Crippen molar-refractivity contribution < 1.29 is 18.7 Å². The van der Waals surface area contributed by atoms with Crippen LogP contribution in [0.25, 0.3) is 0 Å². The first kappa shape index (κ1) is 19.5. The number of fused-ring (bicyclic) bond motifs is 1. The predicted octanol–water partition coefficient (Wildman–Crippen LogP) is 4.54. The Morgan fingerprint density at radius 1 is 1.20 bits per heavy atom. The zero-order chi connectivity index (χ0) is 18.2. The second-order valence-electron chi connectivity index (χ2n) is 9.81. The maximum Gasteiger partial charge on any atom is 0.191 e. The molecule has 0 radical (unpaired) electrons. The molecule has 3 fully saturated rings. The fraction of sp³-hybridized carbons (Fsp3) is 0.950. The van der Waals surface area contributed by atoms with E-state index in [4.69, 9.17) is 13.9 Å². The van der Waals surface area contributed by atoms with E-state index in [1.165, 1.54) is 6.42 Å². The molecule has 0 bridgehead atoms. The first-order chi connectivity index (χ1) is 11.7. The van der Waals surface area contributed by atoms with Crippen molar-refractivity contribution in [3.63, 3.8) is 0 Å². The fourth-order valence-corrected chi connectivity index (χ4v) is 5.43. The molecule has 0 aromatic heterocycles. The summed E-state index contributed by atoms with van der Waals surface area (Å²) in [6, 6.07) is 0. The quantitative estimate of drug-likeness (QED) is 0.669. The van der Waals surface area contributed by atoms with E-state index in [0.29, 0.717) is 23.5 Å². The molecular formula is C20H36O4Si. The average Bonchev–Trinajstić information content (AvgIpc) is 3.01. The van der Waals surface area contributed by atoms with Gasteiger partial charge in [-0.2, -0.15) is 0 Å². The number of ketones is 1. The van der Waals surface area contributed by atoms with Crippen molar-refractivity contribution >= 4 is 14.1 Å². The van der Waals surface area contributed by atoms with Gasteiger partial charge in [-0.05, 0) is 55.7 Å². The third kappa shape index (κ3) is 4.37.